The Hall–Kier alpha value is -2.73. The van der Waals surface area contributed by atoms with E-state index in [1.165, 1.54) is 12.1 Å². The summed E-state index contributed by atoms with van der Waals surface area (Å²) in [4.78, 5) is 27.0. The molecule has 0 aliphatic rings. The van der Waals surface area contributed by atoms with Crippen LogP contribution in [0.4, 0.5) is 10.1 Å². The van der Waals surface area contributed by atoms with Crippen molar-refractivity contribution in [2.75, 3.05) is 32.5 Å². The second-order valence-electron chi connectivity index (χ2n) is 6.98. The van der Waals surface area contributed by atoms with Gasteiger partial charge >= 0.3 is 0 Å². The molecule has 144 valence electrons. The van der Waals surface area contributed by atoms with Gasteiger partial charge in [0, 0.05) is 19.3 Å². The lowest BCUT2D eigenvalue weighted by Crippen LogP contribution is -3.11. The van der Waals surface area contributed by atoms with Gasteiger partial charge < -0.3 is 15.1 Å². The van der Waals surface area contributed by atoms with E-state index >= 15 is 0 Å². The number of nitrogens with zero attached hydrogens (tertiary/aromatic N) is 1. The quantitative estimate of drug-likeness (QED) is 0.775. The van der Waals surface area contributed by atoms with Crippen molar-refractivity contribution in [1.29, 1.82) is 0 Å². The van der Waals surface area contributed by atoms with E-state index in [9.17, 15) is 14.0 Å². The van der Waals surface area contributed by atoms with E-state index in [4.69, 9.17) is 0 Å². The van der Waals surface area contributed by atoms with Gasteiger partial charge in [0.15, 0.2) is 13.1 Å². The van der Waals surface area contributed by atoms with Gasteiger partial charge in [-0.15, -0.1) is 0 Å². The summed E-state index contributed by atoms with van der Waals surface area (Å²) in [6.45, 7) is 4.77. The van der Waals surface area contributed by atoms with Crippen LogP contribution in [0.15, 0.2) is 42.5 Å². The maximum absolute atomic E-state index is 13.0. The molecule has 0 heterocycles. The summed E-state index contributed by atoms with van der Waals surface area (Å²) in [5.41, 5.74) is 3.81. The number of rotatable bonds is 7. The molecule has 0 fully saturated rings. The number of carbonyl (C=O) groups is 2. The number of benzene rings is 2. The van der Waals surface area contributed by atoms with Gasteiger partial charge in [-0.3, -0.25) is 9.59 Å². The first kappa shape index (κ1) is 20.6. The SMILES string of the molecule is Cc1cccc(NC(=O)C[NH+](C)CC(=O)N(C)Cc2ccc(F)cc2)c1C. The molecular formula is C21H27FN3O2+. The van der Waals surface area contributed by atoms with E-state index in [-0.39, 0.29) is 30.7 Å². The van der Waals surface area contributed by atoms with E-state index in [2.05, 4.69) is 5.32 Å². The Morgan fingerprint density at radius 3 is 2.41 bits per heavy atom. The molecule has 5 nitrogen and oxygen atoms in total. The highest BCUT2D eigenvalue weighted by atomic mass is 19.1. The molecule has 2 rings (SSSR count). The molecule has 1 atom stereocenters. The summed E-state index contributed by atoms with van der Waals surface area (Å²) >= 11 is 0. The minimum absolute atomic E-state index is 0.0728. The van der Waals surface area contributed by atoms with Crippen molar-refractivity contribution in [2.45, 2.75) is 20.4 Å². The molecule has 0 radical (unpaired) electrons. The zero-order valence-electron chi connectivity index (χ0n) is 16.3. The summed E-state index contributed by atoms with van der Waals surface area (Å²) in [7, 11) is 3.52. The standard InChI is InChI=1S/C21H26FN3O2/c1-15-6-5-7-19(16(15)2)23-20(26)13-24(3)14-21(27)25(4)12-17-8-10-18(22)11-9-17/h5-11H,12-14H2,1-4H3,(H,23,26)/p+1. The summed E-state index contributed by atoms with van der Waals surface area (Å²) in [6, 6.07) is 11.9. The molecule has 0 bridgehead atoms. The van der Waals surface area contributed by atoms with Crippen LogP contribution in [0.3, 0.4) is 0 Å². The van der Waals surface area contributed by atoms with Crippen molar-refractivity contribution in [3.8, 4) is 0 Å². The number of halogens is 1. The minimum atomic E-state index is -0.299. The van der Waals surface area contributed by atoms with Crippen molar-refractivity contribution in [3.63, 3.8) is 0 Å². The van der Waals surface area contributed by atoms with E-state index in [1.54, 1.807) is 24.1 Å². The fourth-order valence-corrected chi connectivity index (χ4v) is 2.76. The number of likely N-dealkylation sites (N-methyl/N-ethyl adjacent to an activating group) is 2. The highest BCUT2D eigenvalue weighted by molar-refractivity contribution is 5.92. The topological polar surface area (TPSA) is 53.9 Å². The molecule has 0 aliphatic heterocycles. The Morgan fingerprint density at radius 2 is 1.74 bits per heavy atom. The summed E-state index contributed by atoms with van der Waals surface area (Å²) in [5.74, 6) is -0.502. The van der Waals surface area contributed by atoms with Gasteiger partial charge in [0.05, 0.1) is 7.05 Å². The number of quaternary nitrogens is 1. The molecule has 0 spiro atoms. The minimum Gasteiger partial charge on any atom is -0.337 e. The van der Waals surface area contributed by atoms with Gasteiger partial charge in [-0.2, -0.15) is 0 Å². The van der Waals surface area contributed by atoms with E-state index in [0.717, 1.165) is 27.3 Å². The zero-order chi connectivity index (χ0) is 20.0. The third-order valence-electron chi connectivity index (χ3n) is 4.55. The fraction of sp³-hybridized carbons (Fsp3) is 0.333. The van der Waals surface area contributed by atoms with Crippen molar-refractivity contribution in [2.24, 2.45) is 0 Å². The van der Waals surface area contributed by atoms with Gasteiger partial charge in [0.2, 0.25) is 0 Å². The molecule has 0 saturated heterocycles. The van der Waals surface area contributed by atoms with Crippen LogP contribution in [0.5, 0.6) is 0 Å². The Labute approximate surface area is 159 Å². The largest absolute Gasteiger partial charge is 0.337 e. The second-order valence-corrected chi connectivity index (χ2v) is 6.98. The molecule has 0 aromatic heterocycles. The van der Waals surface area contributed by atoms with Crippen molar-refractivity contribution in [3.05, 3.63) is 65.0 Å². The molecule has 1 unspecified atom stereocenters. The lowest BCUT2D eigenvalue weighted by molar-refractivity contribution is -0.862. The van der Waals surface area contributed by atoms with Gasteiger partial charge in [0.1, 0.15) is 5.82 Å². The highest BCUT2D eigenvalue weighted by Crippen LogP contribution is 2.17. The Bertz CT molecular complexity index is 806. The monoisotopic (exact) mass is 372 g/mol. The molecule has 6 heteroatoms. The third kappa shape index (κ3) is 6.18. The number of hydrogen-bond donors (Lipinski definition) is 2. The maximum atomic E-state index is 13.0. The average Bonchev–Trinajstić information content (AvgIpc) is 2.60. The highest BCUT2D eigenvalue weighted by Gasteiger charge is 2.18. The van der Waals surface area contributed by atoms with Crippen LogP contribution in [0.2, 0.25) is 0 Å². The predicted octanol–water partition coefficient (Wildman–Crippen LogP) is 1.55. The van der Waals surface area contributed by atoms with Gasteiger partial charge in [-0.1, -0.05) is 24.3 Å². The molecule has 27 heavy (non-hydrogen) atoms. The Kier molecular flexibility index (Phi) is 7.07. The van der Waals surface area contributed by atoms with Crippen LogP contribution in [-0.4, -0.2) is 43.9 Å². The predicted molar refractivity (Wildman–Crippen MR) is 104 cm³/mol. The zero-order valence-corrected chi connectivity index (χ0v) is 16.3. The van der Waals surface area contributed by atoms with Crippen LogP contribution < -0.4 is 10.2 Å². The van der Waals surface area contributed by atoms with Gasteiger partial charge in [-0.25, -0.2) is 4.39 Å². The summed E-state index contributed by atoms with van der Waals surface area (Å²) in [6.07, 6.45) is 0. The average molecular weight is 372 g/mol. The van der Waals surface area contributed by atoms with Crippen LogP contribution in [-0.2, 0) is 16.1 Å². The molecular weight excluding hydrogens is 345 g/mol. The van der Waals surface area contributed by atoms with E-state index < -0.39 is 0 Å². The van der Waals surface area contributed by atoms with Crippen molar-refractivity contribution >= 4 is 17.5 Å². The number of anilines is 1. The van der Waals surface area contributed by atoms with Crippen LogP contribution in [0.1, 0.15) is 16.7 Å². The first-order valence-electron chi connectivity index (χ1n) is 8.92. The lowest BCUT2D eigenvalue weighted by Gasteiger charge is -2.20. The number of carbonyl (C=O) groups excluding carboxylic acids is 2. The van der Waals surface area contributed by atoms with Crippen molar-refractivity contribution in [1.82, 2.24) is 4.90 Å². The lowest BCUT2D eigenvalue weighted by atomic mass is 10.1. The maximum Gasteiger partial charge on any atom is 0.279 e. The molecule has 2 N–H and O–H groups in total. The smallest absolute Gasteiger partial charge is 0.279 e. The molecule has 0 aliphatic carbocycles. The summed E-state index contributed by atoms with van der Waals surface area (Å²) in [5, 5.41) is 2.91. The van der Waals surface area contributed by atoms with E-state index in [1.807, 2.05) is 39.1 Å². The van der Waals surface area contributed by atoms with Crippen LogP contribution in [0.25, 0.3) is 0 Å². The molecule has 2 aromatic rings. The molecule has 2 aromatic carbocycles. The van der Waals surface area contributed by atoms with E-state index in [0.29, 0.717) is 6.54 Å². The Morgan fingerprint density at radius 1 is 1.07 bits per heavy atom. The van der Waals surface area contributed by atoms with Gasteiger partial charge in [-0.05, 0) is 48.7 Å². The number of amides is 2. The van der Waals surface area contributed by atoms with Crippen LogP contribution in [0, 0.1) is 19.7 Å². The number of aryl methyl sites for hydroxylation is 1. The number of nitrogens with one attached hydrogen (secondary N) is 2. The molecule has 0 saturated carbocycles. The number of hydrogen-bond acceptors (Lipinski definition) is 2. The first-order valence-corrected chi connectivity index (χ1v) is 8.92. The first-order chi connectivity index (χ1) is 12.8. The third-order valence-corrected chi connectivity index (χ3v) is 4.55. The van der Waals surface area contributed by atoms with Crippen LogP contribution >= 0.6 is 0 Å². The van der Waals surface area contributed by atoms with Crippen molar-refractivity contribution < 1.29 is 18.9 Å². The normalized spacial score (nSPS) is 11.7. The van der Waals surface area contributed by atoms with Gasteiger partial charge in [0.25, 0.3) is 11.8 Å². The summed E-state index contributed by atoms with van der Waals surface area (Å²) < 4.78 is 13.0. The second kappa shape index (κ2) is 9.28. The Balaban J connectivity index is 1.83. The fourth-order valence-electron chi connectivity index (χ4n) is 2.76. The molecule has 2 amide bonds.